The van der Waals surface area contributed by atoms with E-state index in [1.54, 1.807) is 0 Å². The van der Waals surface area contributed by atoms with E-state index in [-0.39, 0.29) is 24.4 Å². The number of aliphatic carboxylic acids is 1. The first-order valence-electron chi connectivity index (χ1n) is 7.31. The number of rotatable bonds is 4. The molecule has 0 spiro atoms. The van der Waals surface area contributed by atoms with Gasteiger partial charge in [-0.2, -0.15) is 0 Å². The first-order chi connectivity index (χ1) is 9.45. The Labute approximate surface area is 119 Å². The van der Waals surface area contributed by atoms with E-state index in [0.29, 0.717) is 26.2 Å². The average Bonchev–Trinajstić information content (AvgIpc) is 2.77. The van der Waals surface area contributed by atoms with Gasteiger partial charge in [0.2, 0.25) is 5.91 Å². The molecule has 0 saturated carbocycles. The predicted molar refractivity (Wildman–Crippen MR) is 73.1 cm³/mol. The summed E-state index contributed by atoms with van der Waals surface area (Å²) in [4.78, 5) is 25.4. The number of piperidine rings is 1. The van der Waals surface area contributed by atoms with E-state index < -0.39 is 11.4 Å². The third-order valence-electron chi connectivity index (χ3n) is 4.59. The van der Waals surface area contributed by atoms with E-state index in [9.17, 15) is 9.59 Å². The van der Waals surface area contributed by atoms with Crippen molar-refractivity contribution >= 4 is 11.9 Å². The van der Waals surface area contributed by atoms with Gasteiger partial charge in [-0.3, -0.25) is 9.59 Å². The Morgan fingerprint density at radius 2 is 2.20 bits per heavy atom. The van der Waals surface area contributed by atoms with Crippen LogP contribution >= 0.6 is 0 Å². The van der Waals surface area contributed by atoms with Gasteiger partial charge in [0.25, 0.3) is 0 Å². The summed E-state index contributed by atoms with van der Waals surface area (Å²) in [7, 11) is 0. The molecule has 2 saturated heterocycles. The highest BCUT2D eigenvalue weighted by atomic mass is 16.5. The highest BCUT2D eigenvalue weighted by Gasteiger charge is 2.47. The van der Waals surface area contributed by atoms with Crippen molar-refractivity contribution in [3.63, 3.8) is 0 Å². The van der Waals surface area contributed by atoms with E-state index in [2.05, 4.69) is 0 Å². The van der Waals surface area contributed by atoms with Crippen molar-refractivity contribution in [2.45, 2.75) is 51.1 Å². The molecule has 3 unspecified atom stereocenters. The molecule has 0 bridgehead atoms. The number of amides is 1. The molecule has 1 amide bonds. The fourth-order valence-corrected chi connectivity index (χ4v) is 3.10. The monoisotopic (exact) mass is 284 g/mol. The van der Waals surface area contributed by atoms with E-state index in [1.807, 2.05) is 11.8 Å². The second-order valence-electron chi connectivity index (χ2n) is 6.12. The minimum Gasteiger partial charge on any atom is -0.481 e. The SMILES string of the molecule is CC1(C(=O)N2CCCCC2CCC(=O)O)COCC1N. The van der Waals surface area contributed by atoms with Crippen LogP contribution in [0, 0.1) is 5.41 Å². The molecule has 6 nitrogen and oxygen atoms in total. The lowest BCUT2D eigenvalue weighted by molar-refractivity contribution is -0.147. The lowest BCUT2D eigenvalue weighted by Gasteiger charge is -2.41. The van der Waals surface area contributed by atoms with Gasteiger partial charge in [0.15, 0.2) is 0 Å². The molecule has 2 aliphatic rings. The van der Waals surface area contributed by atoms with Gasteiger partial charge in [-0.25, -0.2) is 0 Å². The molecule has 6 heteroatoms. The molecule has 3 atom stereocenters. The maximum atomic E-state index is 12.8. The number of hydrogen-bond donors (Lipinski definition) is 2. The number of carboxylic acid groups (broad SMARTS) is 1. The van der Waals surface area contributed by atoms with Gasteiger partial charge in [0.1, 0.15) is 0 Å². The molecule has 2 aliphatic heterocycles. The molecule has 2 fully saturated rings. The van der Waals surface area contributed by atoms with Crippen LogP contribution in [0.1, 0.15) is 39.0 Å². The second kappa shape index (κ2) is 6.10. The number of carbonyl (C=O) groups excluding carboxylic acids is 1. The summed E-state index contributed by atoms with van der Waals surface area (Å²) in [5, 5.41) is 8.83. The van der Waals surface area contributed by atoms with Crippen molar-refractivity contribution in [1.29, 1.82) is 0 Å². The van der Waals surface area contributed by atoms with Crippen LogP contribution in [0.15, 0.2) is 0 Å². The van der Waals surface area contributed by atoms with Crippen molar-refractivity contribution in [3.05, 3.63) is 0 Å². The molecule has 0 radical (unpaired) electrons. The van der Waals surface area contributed by atoms with Crippen LogP contribution in [0.4, 0.5) is 0 Å². The van der Waals surface area contributed by atoms with Crippen LogP contribution in [0.3, 0.4) is 0 Å². The molecule has 114 valence electrons. The zero-order valence-corrected chi connectivity index (χ0v) is 12.0. The Hall–Kier alpha value is -1.14. The van der Waals surface area contributed by atoms with Crippen molar-refractivity contribution in [3.8, 4) is 0 Å². The number of carboxylic acids is 1. The minimum atomic E-state index is -0.810. The van der Waals surface area contributed by atoms with Gasteiger partial charge < -0.3 is 20.5 Å². The quantitative estimate of drug-likeness (QED) is 0.788. The Bertz CT molecular complexity index is 387. The first-order valence-corrected chi connectivity index (χ1v) is 7.31. The normalized spacial score (nSPS) is 34.2. The van der Waals surface area contributed by atoms with Crippen LogP contribution in [-0.4, -0.2) is 53.7 Å². The maximum Gasteiger partial charge on any atom is 0.303 e. The summed E-state index contributed by atoms with van der Waals surface area (Å²) in [6.45, 7) is 3.33. The second-order valence-corrected chi connectivity index (χ2v) is 6.12. The summed E-state index contributed by atoms with van der Waals surface area (Å²) >= 11 is 0. The smallest absolute Gasteiger partial charge is 0.303 e. The zero-order chi connectivity index (χ0) is 14.8. The van der Waals surface area contributed by atoms with Crippen LogP contribution in [0.25, 0.3) is 0 Å². The molecule has 20 heavy (non-hydrogen) atoms. The molecule has 0 aromatic heterocycles. The van der Waals surface area contributed by atoms with Gasteiger partial charge in [0.05, 0.1) is 18.6 Å². The summed E-state index contributed by atoms with van der Waals surface area (Å²) in [5.74, 6) is -0.785. The largest absolute Gasteiger partial charge is 0.481 e. The topological polar surface area (TPSA) is 92.9 Å². The van der Waals surface area contributed by atoms with Crippen molar-refractivity contribution < 1.29 is 19.4 Å². The average molecular weight is 284 g/mol. The highest BCUT2D eigenvalue weighted by molar-refractivity contribution is 5.84. The van der Waals surface area contributed by atoms with E-state index in [4.69, 9.17) is 15.6 Å². The Morgan fingerprint density at radius 1 is 1.45 bits per heavy atom. The van der Waals surface area contributed by atoms with Crippen molar-refractivity contribution in [2.75, 3.05) is 19.8 Å². The summed E-state index contributed by atoms with van der Waals surface area (Å²) in [5.41, 5.74) is 5.35. The number of nitrogens with zero attached hydrogens (tertiary/aromatic N) is 1. The molecule has 2 rings (SSSR count). The summed E-state index contributed by atoms with van der Waals surface area (Å²) in [6.07, 6.45) is 3.53. The number of nitrogens with two attached hydrogens (primary N) is 1. The molecule has 0 aliphatic carbocycles. The molecule has 0 aromatic carbocycles. The Morgan fingerprint density at radius 3 is 2.80 bits per heavy atom. The number of likely N-dealkylation sites (tertiary alicyclic amines) is 1. The molecular weight excluding hydrogens is 260 g/mol. The van der Waals surface area contributed by atoms with Gasteiger partial charge in [-0.1, -0.05) is 0 Å². The van der Waals surface area contributed by atoms with Gasteiger partial charge >= 0.3 is 5.97 Å². The van der Waals surface area contributed by atoms with Crippen LogP contribution in [0.2, 0.25) is 0 Å². The highest BCUT2D eigenvalue weighted by Crippen LogP contribution is 2.33. The fourth-order valence-electron chi connectivity index (χ4n) is 3.10. The number of hydrogen-bond acceptors (Lipinski definition) is 4. The van der Waals surface area contributed by atoms with E-state index >= 15 is 0 Å². The first kappa shape index (κ1) is 15.3. The fraction of sp³-hybridized carbons (Fsp3) is 0.857. The standard InChI is InChI=1S/C14H24N2O4/c1-14(9-20-8-11(14)15)13(19)16-7-3-2-4-10(16)5-6-12(17)18/h10-11H,2-9,15H2,1H3,(H,17,18). The number of carbonyl (C=O) groups is 2. The van der Waals surface area contributed by atoms with Crippen LogP contribution in [0.5, 0.6) is 0 Å². The molecule has 2 heterocycles. The van der Waals surface area contributed by atoms with E-state index in [1.165, 1.54) is 0 Å². The molecule has 0 aromatic rings. The molecular formula is C14H24N2O4. The van der Waals surface area contributed by atoms with Crippen molar-refractivity contribution in [2.24, 2.45) is 11.1 Å². The van der Waals surface area contributed by atoms with Gasteiger partial charge in [-0.15, -0.1) is 0 Å². The summed E-state index contributed by atoms with van der Waals surface area (Å²) < 4.78 is 5.35. The number of ether oxygens (including phenoxy) is 1. The summed E-state index contributed by atoms with van der Waals surface area (Å²) in [6, 6.07) is -0.256. The lowest BCUT2D eigenvalue weighted by atomic mass is 9.82. The minimum absolute atomic E-state index is 0.0250. The Kier molecular flexibility index (Phi) is 4.65. The Balaban J connectivity index is 2.07. The lowest BCUT2D eigenvalue weighted by Crippen LogP contribution is -2.55. The zero-order valence-electron chi connectivity index (χ0n) is 12.0. The molecule has 3 N–H and O–H groups in total. The van der Waals surface area contributed by atoms with Crippen molar-refractivity contribution in [1.82, 2.24) is 4.90 Å². The third-order valence-corrected chi connectivity index (χ3v) is 4.59. The van der Waals surface area contributed by atoms with Gasteiger partial charge in [0, 0.05) is 25.0 Å². The van der Waals surface area contributed by atoms with Crippen LogP contribution in [-0.2, 0) is 14.3 Å². The van der Waals surface area contributed by atoms with Crippen LogP contribution < -0.4 is 5.73 Å². The van der Waals surface area contributed by atoms with Gasteiger partial charge in [-0.05, 0) is 32.6 Å². The maximum absolute atomic E-state index is 12.8. The third kappa shape index (κ3) is 2.96. The van der Waals surface area contributed by atoms with E-state index in [0.717, 1.165) is 19.3 Å². The predicted octanol–water partition coefficient (Wildman–Crippen LogP) is 0.596.